The fourth-order valence-corrected chi connectivity index (χ4v) is 3.70. The van der Waals surface area contributed by atoms with Gasteiger partial charge in [0, 0.05) is 23.5 Å². The van der Waals surface area contributed by atoms with Crippen LogP contribution in [0, 0.1) is 11.3 Å². The van der Waals surface area contributed by atoms with Crippen LogP contribution in [-0.4, -0.2) is 25.2 Å². The van der Waals surface area contributed by atoms with Gasteiger partial charge in [0.15, 0.2) is 0 Å². The molecule has 0 aromatic heterocycles. The van der Waals surface area contributed by atoms with E-state index < -0.39 is 0 Å². The smallest absolute Gasteiger partial charge is 0.307 e. The first-order chi connectivity index (χ1) is 13.7. The molecule has 0 amide bonds. The van der Waals surface area contributed by atoms with Crippen molar-refractivity contribution in [1.29, 1.82) is 5.26 Å². The van der Waals surface area contributed by atoms with Gasteiger partial charge in [0.1, 0.15) is 0 Å². The third kappa shape index (κ3) is 5.26. The van der Waals surface area contributed by atoms with Crippen molar-refractivity contribution in [2.45, 2.75) is 50.6 Å². The summed E-state index contributed by atoms with van der Waals surface area (Å²) in [7, 11) is 1.43. The van der Waals surface area contributed by atoms with E-state index in [1.165, 1.54) is 23.9 Å². The maximum Gasteiger partial charge on any atom is 0.307 e. The Hall–Kier alpha value is -3.00. The van der Waals surface area contributed by atoms with Crippen LogP contribution in [0.1, 0.15) is 36.8 Å². The molecule has 146 valence electrons. The van der Waals surface area contributed by atoms with E-state index in [0.717, 1.165) is 31.4 Å². The maximum absolute atomic E-state index is 11.1. The summed E-state index contributed by atoms with van der Waals surface area (Å²) in [5.74, 6) is -0.146. The topological polar surface area (TPSA) is 74.1 Å². The molecule has 2 unspecified atom stereocenters. The number of carbonyl (C=O) groups excluding carboxylic acids is 1. The van der Waals surface area contributed by atoms with Gasteiger partial charge in [0.05, 0.1) is 26.0 Å². The van der Waals surface area contributed by atoms with Gasteiger partial charge >= 0.3 is 5.97 Å². The number of aryl methyl sites for hydroxylation is 2. The molecule has 2 aliphatic rings. The zero-order chi connectivity index (χ0) is 19.8. The normalized spacial score (nSPS) is 19.3. The Morgan fingerprint density at radius 1 is 1.00 bits per heavy atom. The fourth-order valence-electron chi connectivity index (χ4n) is 3.70. The molecule has 2 atom stereocenters. The Kier molecular flexibility index (Phi) is 6.91. The van der Waals surface area contributed by atoms with Gasteiger partial charge in [-0.15, -0.1) is 0 Å². The maximum atomic E-state index is 11.1. The first kappa shape index (κ1) is 19.8. The van der Waals surface area contributed by atoms with Crippen molar-refractivity contribution in [1.82, 2.24) is 0 Å². The van der Waals surface area contributed by atoms with Crippen molar-refractivity contribution in [2.24, 2.45) is 0 Å². The Morgan fingerprint density at radius 2 is 1.54 bits per heavy atom. The van der Waals surface area contributed by atoms with E-state index in [-0.39, 0.29) is 12.0 Å². The highest BCUT2D eigenvalue weighted by molar-refractivity contribution is 5.71. The van der Waals surface area contributed by atoms with Crippen LogP contribution in [-0.2, 0) is 22.4 Å². The van der Waals surface area contributed by atoms with E-state index in [9.17, 15) is 4.79 Å². The van der Waals surface area contributed by atoms with Crippen molar-refractivity contribution in [3.63, 3.8) is 0 Å². The molecule has 4 rings (SSSR count). The van der Waals surface area contributed by atoms with E-state index in [1.807, 2.05) is 18.2 Å². The molecule has 2 aliphatic heterocycles. The summed E-state index contributed by atoms with van der Waals surface area (Å²) in [6.45, 7) is 0. The van der Waals surface area contributed by atoms with E-state index in [4.69, 9.17) is 5.26 Å². The van der Waals surface area contributed by atoms with Crippen LogP contribution in [0.3, 0.4) is 0 Å². The van der Waals surface area contributed by atoms with Gasteiger partial charge in [0.2, 0.25) is 0 Å². The van der Waals surface area contributed by atoms with Gasteiger partial charge in [0.25, 0.3) is 0 Å². The first-order valence-electron chi connectivity index (χ1n) is 9.82. The van der Waals surface area contributed by atoms with Crippen LogP contribution >= 0.6 is 0 Å². The molecule has 0 bridgehead atoms. The number of fused-ring (bicyclic) bond motifs is 2. The number of para-hydroxylation sites is 2. The van der Waals surface area contributed by atoms with Gasteiger partial charge in [-0.25, -0.2) is 0 Å². The monoisotopic (exact) mass is 377 g/mol. The minimum atomic E-state index is -0.146. The Balaban J connectivity index is 0.000000162. The highest BCUT2D eigenvalue weighted by atomic mass is 16.5. The number of rotatable bonds is 3. The molecule has 2 N–H and O–H groups in total. The molecule has 0 radical (unpaired) electrons. The average Bonchev–Trinajstić information content (AvgIpc) is 2.74. The Morgan fingerprint density at radius 3 is 2.11 bits per heavy atom. The molecule has 0 spiro atoms. The highest BCUT2D eigenvalue weighted by Crippen LogP contribution is 2.26. The number of nitriles is 1. The number of nitrogens with zero attached hydrogens (tertiary/aromatic N) is 1. The molecule has 2 aromatic rings. The zero-order valence-corrected chi connectivity index (χ0v) is 16.3. The van der Waals surface area contributed by atoms with Crippen LogP contribution in [0.15, 0.2) is 48.5 Å². The van der Waals surface area contributed by atoms with Crippen LogP contribution < -0.4 is 10.6 Å². The lowest BCUT2D eigenvalue weighted by molar-refractivity contribution is -0.140. The predicted octanol–water partition coefficient (Wildman–Crippen LogP) is 4.30. The Bertz CT molecular complexity index is 844. The number of esters is 1. The van der Waals surface area contributed by atoms with Crippen LogP contribution in [0.5, 0.6) is 0 Å². The number of hydrogen-bond donors (Lipinski definition) is 2. The second-order valence-electron chi connectivity index (χ2n) is 7.22. The summed E-state index contributed by atoms with van der Waals surface area (Å²) in [4.78, 5) is 11.1. The van der Waals surface area contributed by atoms with Gasteiger partial charge in [-0.05, 0) is 48.9 Å². The van der Waals surface area contributed by atoms with Crippen molar-refractivity contribution in [3.05, 3.63) is 59.7 Å². The number of nitrogens with one attached hydrogen (secondary N) is 2. The Labute approximate surface area is 166 Å². The molecule has 5 heteroatoms. The lowest BCUT2D eigenvalue weighted by atomic mass is 9.96. The molecule has 0 aliphatic carbocycles. The lowest BCUT2D eigenvalue weighted by Gasteiger charge is -2.26. The van der Waals surface area contributed by atoms with Crippen molar-refractivity contribution < 1.29 is 9.53 Å². The minimum Gasteiger partial charge on any atom is -0.469 e. The minimum absolute atomic E-state index is 0.146. The third-order valence-corrected chi connectivity index (χ3v) is 5.26. The van der Waals surface area contributed by atoms with E-state index in [0.29, 0.717) is 18.9 Å². The zero-order valence-electron chi connectivity index (χ0n) is 16.3. The average molecular weight is 377 g/mol. The number of carbonyl (C=O) groups is 1. The molecular weight excluding hydrogens is 350 g/mol. The largest absolute Gasteiger partial charge is 0.469 e. The van der Waals surface area contributed by atoms with Gasteiger partial charge in [-0.3, -0.25) is 4.79 Å². The summed E-state index contributed by atoms with van der Waals surface area (Å²) < 4.78 is 4.66. The van der Waals surface area contributed by atoms with Gasteiger partial charge < -0.3 is 15.4 Å². The molecule has 2 heterocycles. The van der Waals surface area contributed by atoms with Crippen molar-refractivity contribution in [3.8, 4) is 6.07 Å². The standard InChI is InChI=1S/C12H15NO2.C11H12N2/c1-15-12(14)8-10-7-6-9-4-2-3-5-11(9)13-10;12-8-7-10-6-5-9-3-1-2-4-11(9)13-10/h2-5,10,13H,6-8H2,1H3;1-4,10,13H,5-7H2. The molecular formula is C23H27N3O2. The third-order valence-electron chi connectivity index (χ3n) is 5.26. The van der Waals surface area contributed by atoms with Crippen molar-refractivity contribution >= 4 is 17.3 Å². The molecule has 2 aromatic carbocycles. The van der Waals surface area contributed by atoms with Gasteiger partial charge in [-0.2, -0.15) is 5.26 Å². The van der Waals surface area contributed by atoms with Crippen LogP contribution in [0.25, 0.3) is 0 Å². The predicted molar refractivity (Wildman–Crippen MR) is 111 cm³/mol. The fraction of sp³-hybridized carbons (Fsp3) is 0.391. The van der Waals surface area contributed by atoms with Gasteiger partial charge in [-0.1, -0.05) is 36.4 Å². The number of methoxy groups -OCH3 is 1. The SMILES string of the molecule is COC(=O)CC1CCc2ccccc2N1.N#CCC1CCc2ccccc2N1. The number of anilines is 2. The quantitative estimate of drug-likeness (QED) is 0.780. The molecule has 28 heavy (non-hydrogen) atoms. The second kappa shape index (κ2) is 9.80. The molecule has 0 saturated carbocycles. The molecule has 0 fully saturated rings. The highest BCUT2D eigenvalue weighted by Gasteiger charge is 2.20. The summed E-state index contributed by atoms with van der Waals surface area (Å²) >= 11 is 0. The number of benzene rings is 2. The first-order valence-corrected chi connectivity index (χ1v) is 9.82. The van der Waals surface area contributed by atoms with Crippen molar-refractivity contribution in [2.75, 3.05) is 17.7 Å². The molecule has 0 saturated heterocycles. The lowest BCUT2D eigenvalue weighted by Crippen LogP contribution is -2.28. The molecule has 5 nitrogen and oxygen atoms in total. The summed E-state index contributed by atoms with van der Waals surface area (Å²) in [6, 6.07) is 19.3. The van der Waals surface area contributed by atoms with E-state index >= 15 is 0 Å². The van der Waals surface area contributed by atoms with E-state index in [2.05, 4.69) is 51.8 Å². The number of hydrogen-bond acceptors (Lipinski definition) is 5. The summed E-state index contributed by atoms with van der Waals surface area (Å²) in [6.07, 6.45) is 5.25. The second-order valence-corrected chi connectivity index (χ2v) is 7.22. The summed E-state index contributed by atoms with van der Waals surface area (Å²) in [5.41, 5.74) is 5.06. The van der Waals surface area contributed by atoms with E-state index in [1.54, 1.807) is 0 Å². The van der Waals surface area contributed by atoms with Crippen LogP contribution in [0.4, 0.5) is 11.4 Å². The van der Waals surface area contributed by atoms with Crippen LogP contribution in [0.2, 0.25) is 0 Å². The summed E-state index contributed by atoms with van der Waals surface area (Å²) in [5, 5.41) is 15.3. The number of ether oxygens (including phenoxy) is 1.